The number of esters is 2. The molecule has 0 aliphatic rings. The van der Waals surface area contributed by atoms with Gasteiger partial charge in [0.2, 0.25) is 11.6 Å². The van der Waals surface area contributed by atoms with Gasteiger partial charge in [-0.1, -0.05) is 0 Å². The van der Waals surface area contributed by atoms with E-state index in [9.17, 15) is 62.3 Å². The Hall–Kier alpha value is -5.35. The highest BCUT2D eigenvalue weighted by molar-refractivity contribution is 6.02. The Bertz CT molecular complexity index is 2000. The number of hydrogen-bond acceptors (Lipinski definition) is 4. The van der Waals surface area contributed by atoms with Gasteiger partial charge in [0.15, 0.2) is 69.7 Å². The van der Waals surface area contributed by atoms with Crippen LogP contribution in [0.1, 0.15) is 20.7 Å². The van der Waals surface area contributed by atoms with Gasteiger partial charge in [-0.25, -0.2) is 57.9 Å². The Morgan fingerprint density at radius 3 is 1.09 bits per heavy atom. The van der Waals surface area contributed by atoms with Crippen molar-refractivity contribution in [2.24, 2.45) is 0 Å². The molecular weight excluding hydrogens is 647 g/mol. The molecule has 0 N–H and O–H groups in total. The van der Waals surface area contributed by atoms with E-state index in [0.29, 0.717) is 18.2 Å². The number of benzene rings is 5. The Morgan fingerprint density at radius 2 is 0.733 bits per heavy atom. The molecule has 5 aromatic rings. The molecule has 0 aromatic heterocycles. The molecule has 45 heavy (non-hydrogen) atoms. The maximum atomic E-state index is 15.3. The van der Waals surface area contributed by atoms with Gasteiger partial charge in [-0.3, -0.25) is 0 Å². The van der Waals surface area contributed by atoms with Crippen LogP contribution in [0.5, 0.6) is 11.5 Å². The minimum Gasteiger partial charge on any atom is -0.420 e. The van der Waals surface area contributed by atoms with Gasteiger partial charge in [0.1, 0.15) is 16.9 Å². The molecule has 0 atom stereocenters. The summed E-state index contributed by atoms with van der Waals surface area (Å²) in [5, 5.41) is -4.38. The second-order valence-corrected chi connectivity index (χ2v) is 8.87. The van der Waals surface area contributed by atoms with Gasteiger partial charge in [0, 0.05) is 0 Å². The maximum Gasteiger partial charge on any atom is 0.346 e. The minimum atomic E-state index is -2.45. The fourth-order valence-electron chi connectivity index (χ4n) is 4.11. The molecule has 4 nitrogen and oxygen atoms in total. The Morgan fingerprint density at radius 1 is 0.378 bits per heavy atom. The summed E-state index contributed by atoms with van der Waals surface area (Å²) in [5.41, 5.74) is -3.23. The van der Waals surface area contributed by atoms with Gasteiger partial charge in [-0.15, -0.1) is 0 Å². The van der Waals surface area contributed by atoms with Crippen molar-refractivity contribution in [1.82, 2.24) is 0 Å². The van der Waals surface area contributed by atoms with E-state index in [1.165, 1.54) is 0 Å². The summed E-state index contributed by atoms with van der Waals surface area (Å²) in [7, 11) is 0. The second kappa shape index (κ2) is 11.0. The van der Waals surface area contributed by atoms with E-state index >= 15 is 4.39 Å². The number of carbonyl (C=O) groups is 2. The van der Waals surface area contributed by atoms with Crippen LogP contribution in [0.25, 0.3) is 21.5 Å². The zero-order valence-electron chi connectivity index (χ0n) is 20.9. The van der Waals surface area contributed by atoms with Crippen molar-refractivity contribution in [3.63, 3.8) is 0 Å². The van der Waals surface area contributed by atoms with Crippen LogP contribution in [0.4, 0.5) is 57.1 Å². The monoisotopic (exact) mass is 652 g/mol. The average molecular weight is 652 g/mol. The van der Waals surface area contributed by atoms with Crippen LogP contribution >= 0.6 is 0 Å². The fraction of sp³-hybridized carbons (Fsp3) is 0. The first-order valence-corrected chi connectivity index (χ1v) is 11.6. The first kappa shape index (κ1) is 31.1. The smallest absolute Gasteiger partial charge is 0.346 e. The minimum absolute atomic E-state index is 0.167. The summed E-state index contributed by atoms with van der Waals surface area (Å²) < 4.78 is 192. The quantitative estimate of drug-likeness (QED) is 0.0491. The molecule has 232 valence electrons. The largest absolute Gasteiger partial charge is 0.420 e. The normalized spacial score (nSPS) is 11.4. The SMILES string of the molecule is O=C(Oc1cc2cc3cc(OC(=O)c4cc(F)c(F)c(F)c4F)c(F)c(F)c3c(F)c2c(F)c1F)c1cc(F)c(F)c(F)c1F. The van der Waals surface area contributed by atoms with E-state index < -0.39 is 132 Å². The molecule has 0 aliphatic carbocycles. The zero-order valence-corrected chi connectivity index (χ0v) is 20.9. The van der Waals surface area contributed by atoms with Gasteiger partial charge >= 0.3 is 11.9 Å². The molecule has 0 saturated carbocycles. The molecular formula is C28H5F13O4. The predicted octanol–water partition coefficient (Wildman–Crippen LogP) is 8.24. The lowest BCUT2D eigenvalue weighted by Gasteiger charge is -2.13. The van der Waals surface area contributed by atoms with Gasteiger partial charge in [-0.2, -0.15) is 8.78 Å². The lowest BCUT2D eigenvalue weighted by molar-refractivity contribution is 0.0710. The molecule has 17 heteroatoms. The molecule has 0 aliphatic heterocycles. The van der Waals surface area contributed by atoms with E-state index in [1.54, 1.807) is 0 Å². The van der Waals surface area contributed by atoms with Crippen molar-refractivity contribution in [2.45, 2.75) is 0 Å². The number of ether oxygens (including phenoxy) is 2. The van der Waals surface area contributed by atoms with Gasteiger partial charge in [0.05, 0.1) is 10.8 Å². The third-order valence-electron chi connectivity index (χ3n) is 6.21. The van der Waals surface area contributed by atoms with Crippen LogP contribution in [0.2, 0.25) is 0 Å². The van der Waals surface area contributed by atoms with E-state index in [4.69, 9.17) is 0 Å². The summed E-state index contributed by atoms with van der Waals surface area (Å²) in [4.78, 5) is 24.5. The molecule has 0 fully saturated rings. The zero-order chi connectivity index (χ0) is 33.2. The third-order valence-corrected chi connectivity index (χ3v) is 6.21. The standard InChI is InChI=1S/C28H5F13O4/c29-10-4-8(16(31)25(40)18(10)33)27(42)44-12-2-6-1-7-3-13(45-28(43)9-5-11(30)19(34)26(41)17(9)32)21(36)24(39)15(7)22(37)14(6)23(38)20(12)35/h1-5H. The Balaban J connectivity index is 1.61. The van der Waals surface area contributed by atoms with Gasteiger partial charge < -0.3 is 9.47 Å². The number of carbonyl (C=O) groups excluding carboxylic acids is 2. The Kier molecular flexibility index (Phi) is 7.58. The van der Waals surface area contributed by atoms with Crippen molar-refractivity contribution in [3.8, 4) is 11.5 Å². The summed E-state index contributed by atoms with van der Waals surface area (Å²) in [6.45, 7) is 0. The van der Waals surface area contributed by atoms with Crippen molar-refractivity contribution in [2.75, 3.05) is 0 Å². The highest BCUT2D eigenvalue weighted by atomic mass is 19.2. The second-order valence-electron chi connectivity index (χ2n) is 8.87. The van der Waals surface area contributed by atoms with Crippen molar-refractivity contribution >= 4 is 33.5 Å². The summed E-state index contributed by atoms with van der Waals surface area (Å²) in [6, 6.07) is 0.922. The van der Waals surface area contributed by atoms with Crippen molar-refractivity contribution in [3.05, 3.63) is 117 Å². The topological polar surface area (TPSA) is 52.6 Å². The molecule has 0 radical (unpaired) electrons. The number of halogens is 13. The fourth-order valence-corrected chi connectivity index (χ4v) is 4.11. The van der Waals surface area contributed by atoms with E-state index in [-0.39, 0.29) is 12.1 Å². The molecule has 0 spiro atoms. The molecule has 0 heterocycles. The molecule has 0 saturated heterocycles. The molecule has 5 rings (SSSR count). The molecule has 0 unspecified atom stereocenters. The van der Waals surface area contributed by atoms with Crippen molar-refractivity contribution in [1.29, 1.82) is 0 Å². The summed E-state index contributed by atoms with van der Waals surface area (Å²) in [6.07, 6.45) is 0. The average Bonchev–Trinajstić information content (AvgIpc) is 2.99. The highest BCUT2D eigenvalue weighted by Crippen LogP contribution is 2.38. The van der Waals surface area contributed by atoms with Gasteiger partial charge in [-0.05, 0) is 41.1 Å². The van der Waals surface area contributed by atoms with Gasteiger partial charge in [0.25, 0.3) is 0 Å². The highest BCUT2D eigenvalue weighted by Gasteiger charge is 2.30. The molecule has 0 bridgehead atoms. The maximum absolute atomic E-state index is 15.3. The molecule has 5 aromatic carbocycles. The summed E-state index contributed by atoms with van der Waals surface area (Å²) in [5.74, 6) is -36.1. The van der Waals surface area contributed by atoms with Crippen LogP contribution in [0.3, 0.4) is 0 Å². The predicted molar refractivity (Wildman–Crippen MR) is 124 cm³/mol. The lowest BCUT2D eigenvalue weighted by Crippen LogP contribution is -2.15. The number of hydrogen-bond donors (Lipinski definition) is 0. The first-order chi connectivity index (χ1) is 21.0. The summed E-state index contributed by atoms with van der Waals surface area (Å²) >= 11 is 0. The molecule has 0 amide bonds. The number of fused-ring (bicyclic) bond motifs is 2. The number of rotatable bonds is 4. The van der Waals surface area contributed by atoms with Crippen LogP contribution in [0, 0.1) is 75.6 Å². The van der Waals surface area contributed by atoms with Crippen LogP contribution < -0.4 is 9.47 Å². The van der Waals surface area contributed by atoms with E-state index in [2.05, 4.69) is 9.47 Å². The van der Waals surface area contributed by atoms with Crippen LogP contribution in [-0.4, -0.2) is 11.9 Å². The first-order valence-electron chi connectivity index (χ1n) is 11.6. The van der Waals surface area contributed by atoms with Crippen LogP contribution in [0.15, 0.2) is 30.3 Å². The lowest BCUT2D eigenvalue weighted by atomic mass is 10.0. The van der Waals surface area contributed by atoms with E-state index in [1.807, 2.05) is 0 Å². The Labute approximate surface area is 238 Å². The van der Waals surface area contributed by atoms with E-state index in [0.717, 1.165) is 0 Å². The third kappa shape index (κ3) is 4.93. The van der Waals surface area contributed by atoms with Crippen LogP contribution in [-0.2, 0) is 0 Å². The van der Waals surface area contributed by atoms with Crippen molar-refractivity contribution < 1.29 is 76.1 Å².